The fourth-order valence-electron chi connectivity index (χ4n) is 1.67. The molecular weight excluding hydrogens is 290 g/mol. The third-order valence-corrected chi connectivity index (χ3v) is 3.99. The van der Waals surface area contributed by atoms with Crippen molar-refractivity contribution in [2.45, 2.75) is 19.6 Å². The van der Waals surface area contributed by atoms with Crippen LogP contribution in [0.1, 0.15) is 34.2 Å². The Hall–Kier alpha value is -2.06. The van der Waals surface area contributed by atoms with Gasteiger partial charge in [0.05, 0.1) is 24.6 Å². The standard InChI is InChI=1S/C13H17N5O2S/c1-8(20-3)13-16-9(7-21-13)6-18(2)11-5-15-4-10(17-11)12(14)19/h4-5,7-8H,6H2,1-3H3,(H2,14,19). The Balaban J connectivity index is 2.10. The number of amides is 1. The number of hydrogen-bond donors (Lipinski definition) is 1. The molecule has 0 spiro atoms. The molecule has 2 aromatic rings. The number of methoxy groups -OCH3 is 1. The van der Waals surface area contributed by atoms with Gasteiger partial charge >= 0.3 is 0 Å². The van der Waals surface area contributed by atoms with Crippen molar-refractivity contribution in [3.8, 4) is 0 Å². The third-order valence-electron chi connectivity index (χ3n) is 2.94. The van der Waals surface area contributed by atoms with Crippen molar-refractivity contribution in [2.24, 2.45) is 5.73 Å². The molecule has 0 saturated carbocycles. The van der Waals surface area contributed by atoms with E-state index < -0.39 is 5.91 Å². The Morgan fingerprint density at radius 3 is 2.90 bits per heavy atom. The van der Waals surface area contributed by atoms with Crippen molar-refractivity contribution in [3.63, 3.8) is 0 Å². The number of carbonyl (C=O) groups is 1. The molecular formula is C13H17N5O2S. The Morgan fingerprint density at radius 2 is 2.24 bits per heavy atom. The molecule has 0 aliphatic rings. The zero-order valence-electron chi connectivity index (χ0n) is 12.1. The summed E-state index contributed by atoms with van der Waals surface area (Å²) in [4.78, 5) is 25.6. The lowest BCUT2D eigenvalue weighted by atomic mass is 10.4. The van der Waals surface area contributed by atoms with E-state index in [9.17, 15) is 4.79 Å². The van der Waals surface area contributed by atoms with Crippen LogP contribution in [0.3, 0.4) is 0 Å². The van der Waals surface area contributed by atoms with E-state index in [4.69, 9.17) is 10.5 Å². The molecule has 112 valence electrons. The van der Waals surface area contributed by atoms with Gasteiger partial charge < -0.3 is 15.4 Å². The number of nitrogens with zero attached hydrogens (tertiary/aromatic N) is 4. The second-order valence-corrected chi connectivity index (χ2v) is 5.43. The topological polar surface area (TPSA) is 94.2 Å². The molecule has 2 rings (SSSR count). The van der Waals surface area contributed by atoms with Gasteiger partial charge in [-0.2, -0.15) is 0 Å². The van der Waals surface area contributed by atoms with Crippen LogP contribution >= 0.6 is 11.3 Å². The normalized spacial score (nSPS) is 12.1. The lowest BCUT2D eigenvalue weighted by molar-refractivity contribution is 0.0995. The monoisotopic (exact) mass is 307 g/mol. The first-order valence-corrected chi connectivity index (χ1v) is 7.19. The molecule has 0 aromatic carbocycles. The van der Waals surface area contributed by atoms with Crippen LogP contribution in [0, 0.1) is 0 Å². The number of rotatable bonds is 6. The summed E-state index contributed by atoms with van der Waals surface area (Å²) >= 11 is 1.55. The first-order valence-electron chi connectivity index (χ1n) is 6.31. The van der Waals surface area contributed by atoms with Crippen LogP contribution in [0.25, 0.3) is 0 Å². The van der Waals surface area contributed by atoms with E-state index >= 15 is 0 Å². The maximum absolute atomic E-state index is 11.1. The van der Waals surface area contributed by atoms with Crippen molar-refractivity contribution in [3.05, 3.63) is 34.2 Å². The first-order chi connectivity index (χ1) is 10.0. The number of anilines is 1. The van der Waals surface area contributed by atoms with E-state index in [1.54, 1.807) is 24.6 Å². The quantitative estimate of drug-likeness (QED) is 0.866. The van der Waals surface area contributed by atoms with Crippen molar-refractivity contribution in [1.29, 1.82) is 0 Å². The van der Waals surface area contributed by atoms with Gasteiger partial charge in [0.25, 0.3) is 5.91 Å². The van der Waals surface area contributed by atoms with Gasteiger partial charge in [0.1, 0.15) is 22.6 Å². The lowest BCUT2D eigenvalue weighted by Gasteiger charge is -2.16. The molecule has 7 nitrogen and oxygen atoms in total. The molecule has 2 heterocycles. The SMILES string of the molecule is COC(C)c1nc(CN(C)c2cncc(C(N)=O)n2)cs1. The Morgan fingerprint density at radius 1 is 1.48 bits per heavy atom. The predicted molar refractivity (Wildman–Crippen MR) is 80.2 cm³/mol. The molecule has 0 saturated heterocycles. The fourth-order valence-corrected chi connectivity index (χ4v) is 2.51. The lowest BCUT2D eigenvalue weighted by Crippen LogP contribution is -2.21. The van der Waals surface area contributed by atoms with Crippen LogP contribution in [-0.2, 0) is 11.3 Å². The first kappa shape index (κ1) is 15.3. The van der Waals surface area contributed by atoms with Crippen LogP contribution in [0.15, 0.2) is 17.8 Å². The van der Waals surface area contributed by atoms with Gasteiger partial charge in [0.2, 0.25) is 0 Å². The average Bonchev–Trinajstić information content (AvgIpc) is 2.95. The molecule has 2 N–H and O–H groups in total. The van der Waals surface area contributed by atoms with E-state index in [2.05, 4.69) is 15.0 Å². The molecule has 21 heavy (non-hydrogen) atoms. The van der Waals surface area contributed by atoms with E-state index in [1.807, 2.05) is 24.3 Å². The highest BCUT2D eigenvalue weighted by molar-refractivity contribution is 7.09. The van der Waals surface area contributed by atoms with Gasteiger partial charge in [-0.25, -0.2) is 9.97 Å². The minimum absolute atomic E-state index is 0.0213. The highest BCUT2D eigenvalue weighted by atomic mass is 32.1. The van der Waals surface area contributed by atoms with E-state index in [-0.39, 0.29) is 11.8 Å². The van der Waals surface area contributed by atoms with Gasteiger partial charge in [-0.3, -0.25) is 9.78 Å². The zero-order valence-corrected chi connectivity index (χ0v) is 12.9. The summed E-state index contributed by atoms with van der Waals surface area (Å²) in [6, 6.07) is 0. The summed E-state index contributed by atoms with van der Waals surface area (Å²) in [5, 5.41) is 2.91. The highest BCUT2D eigenvalue weighted by Crippen LogP contribution is 2.21. The number of carbonyl (C=O) groups excluding carboxylic acids is 1. The third kappa shape index (κ3) is 3.73. The van der Waals surface area contributed by atoms with Crippen molar-refractivity contribution >= 4 is 23.1 Å². The summed E-state index contributed by atoms with van der Waals surface area (Å²) in [6.07, 6.45) is 2.91. The molecule has 1 unspecified atom stereocenters. The molecule has 0 aliphatic carbocycles. The summed E-state index contributed by atoms with van der Waals surface area (Å²) < 4.78 is 5.24. The van der Waals surface area contributed by atoms with Crippen molar-refractivity contribution in [2.75, 3.05) is 19.1 Å². The highest BCUT2D eigenvalue weighted by Gasteiger charge is 2.12. The molecule has 0 bridgehead atoms. The maximum Gasteiger partial charge on any atom is 0.268 e. The average molecular weight is 307 g/mol. The second-order valence-electron chi connectivity index (χ2n) is 4.54. The van der Waals surface area contributed by atoms with Crippen LogP contribution in [0.5, 0.6) is 0 Å². The van der Waals surface area contributed by atoms with Gasteiger partial charge in [-0.1, -0.05) is 0 Å². The number of thiazole rings is 1. The summed E-state index contributed by atoms with van der Waals surface area (Å²) in [6.45, 7) is 2.51. The second kappa shape index (κ2) is 6.59. The Labute approximate surface area is 126 Å². The van der Waals surface area contributed by atoms with E-state index in [0.717, 1.165) is 10.7 Å². The maximum atomic E-state index is 11.1. The van der Waals surface area contributed by atoms with Crippen molar-refractivity contribution in [1.82, 2.24) is 15.0 Å². The van der Waals surface area contributed by atoms with Crippen LogP contribution in [-0.4, -0.2) is 35.0 Å². The zero-order chi connectivity index (χ0) is 15.4. The van der Waals surface area contributed by atoms with Gasteiger partial charge in [0.15, 0.2) is 0 Å². The summed E-state index contributed by atoms with van der Waals surface area (Å²) in [5.74, 6) is -0.0248. The summed E-state index contributed by atoms with van der Waals surface area (Å²) in [7, 11) is 3.51. The fraction of sp³-hybridized carbons (Fsp3) is 0.385. The number of hydrogen-bond acceptors (Lipinski definition) is 7. The molecule has 0 aliphatic heterocycles. The molecule has 1 amide bonds. The minimum Gasteiger partial charge on any atom is -0.375 e. The number of ether oxygens (including phenoxy) is 1. The van der Waals surface area contributed by atoms with Crippen LogP contribution < -0.4 is 10.6 Å². The van der Waals surface area contributed by atoms with E-state index in [0.29, 0.717) is 12.4 Å². The molecule has 8 heteroatoms. The van der Waals surface area contributed by atoms with E-state index in [1.165, 1.54) is 6.20 Å². The van der Waals surface area contributed by atoms with Crippen LogP contribution in [0.2, 0.25) is 0 Å². The number of nitrogens with two attached hydrogens (primary N) is 1. The Kier molecular flexibility index (Phi) is 4.81. The molecule has 2 aromatic heterocycles. The molecule has 0 radical (unpaired) electrons. The Bertz CT molecular complexity index is 631. The predicted octanol–water partition coefficient (Wildman–Crippen LogP) is 1.38. The number of aromatic nitrogens is 3. The minimum atomic E-state index is -0.595. The van der Waals surface area contributed by atoms with Gasteiger partial charge in [-0.15, -0.1) is 11.3 Å². The van der Waals surface area contributed by atoms with Crippen LogP contribution in [0.4, 0.5) is 5.82 Å². The van der Waals surface area contributed by atoms with Gasteiger partial charge in [-0.05, 0) is 6.92 Å². The molecule has 1 atom stereocenters. The number of primary amides is 1. The molecule has 0 fully saturated rings. The summed E-state index contributed by atoms with van der Waals surface area (Å²) in [5.41, 5.74) is 6.26. The van der Waals surface area contributed by atoms with Gasteiger partial charge in [0, 0.05) is 19.5 Å². The smallest absolute Gasteiger partial charge is 0.268 e. The van der Waals surface area contributed by atoms with Crippen molar-refractivity contribution < 1.29 is 9.53 Å². The largest absolute Gasteiger partial charge is 0.375 e.